The third-order valence-electron chi connectivity index (χ3n) is 2.87. The number of fused-ring (bicyclic) bond motifs is 1. The summed E-state index contributed by atoms with van der Waals surface area (Å²) in [4.78, 5) is 2.16. The van der Waals surface area contributed by atoms with Gasteiger partial charge in [0.2, 0.25) is 0 Å². The van der Waals surface area contributed by atoms with Gasteiger partial charge in [-0.25, -0.2) is 0 Å². The lowest BCUT2D eigenvalue weighted by molar-refractivity contribution is 0.301. The third-order valence-corrected chi connectivity index (χ3v) is 2.87. The number of aliphatic hydroxyl groups excluding tert-OH is 1. The molecule has 2 rings (SSSR count). The van der Waals surface area contributed by atoms with Gasteiger partial charge in [-0.15, -0.1) is 0 Å². The topological polar surface area (TPSA) is 23.5 Å². The van der Waals surface area contributed by atoms with Crippen LogP contribution in [0.15, 0.2) is 24.2 Å². The first kappa shape index (κ1) is 8.30. The van der Waals surface area contributed by atoms with E-state index < -0.39 is 0 Å². The smallest absolute Gasteiger partial charge is 0.0623 e. The number of rotatable bonds is 2. The van der Waals surface area contributed by atoms with Crippen molar-refractivity contribution in [3.8, 4) is 0 Å². The summed E-state index contributed by atoms with van der Waals surface area (Å²) >= 11 is 0. The van der Waals surface area contributed by atoms with Gasteiger partial charge in [0.15, 0.2) is 0 Å². The van der Waals surface area contributed by atoms with E-state index in [4.69, 9.17) is 6.48 Å². The zero-order chi connectivity index (χ0) is 11.1. The molecule has 76 valence electrons. The zero-order valence-electron chi connectivity index (χ0n) is 9.75. The monoisotopic (exact) mass is 192 g/mol. The third kappa shape index (κ3) is 1.40. The Bertz CT molecular complexity index is 376. The lowest BCUT2D eigenvalue weighted by atomic mass is 9.87. The van der Waals surface area contributed by atoms with Gasteiger partial charge in [0, 0.05) is 24.2 Å². The average Bonchev–Trinajstić information content (AvgIpc) is 2.39. The lowest BCUT2D eigenvalue weighted by Gasteiger charge is -2.21. The van der Waals surface area contributed by atoms with E-state index >= 15 is 0 Å². The molecule has 1 aromatic rings. The predicted molar refractivity (Wildman–Crippen MR) is 58.8 cm³/mol. The molecular weight excluding hydrogens is 174 g/mol. The summed E-state index contributed by atoms with van der Waals surface area (Å²) in [5.74, 6) is 0. The van der Waals surface area contributed by atoms with E-state index in [1.54, 1.807) is 0 Å². The van der Waals surface area contributed by atoms with E-state index in [9.17, 15) is 0 Å². The highest BCUT2D eigenvalue weighted by Crippen LogP contribution is 2.39. The number of nitrogens with zero attached hydrogens (tertiary/aromatic N) is 1. The second-order valence-electron chi connectivity index (χ2n) is 4.47. The number of anilines is 1. The quantitative estimate of drug-likeness (QED) is 0.772. The van der Waals surface area contributed by atoms with Crippen LogP contribution in [0.3, 0.4) is 0 Å². The molecule has 0 bridgehead atoms. The molecule has 0 unspecified atom stereocenters. The molecule has 0 atom stereocenters. The molecule has 0 aliphatic carbocycles. The van der Waals surface area contributed by atoms with Crippen LogP contribution in [-0.4, -0.2) is 24.8 Å². The Morgan fingerprint density at radius 1 is 1.57 bits per heavy atom. The van der Waals surface area contributed by atoms with Crippen molar-refractivity contribution in [1.29, 1.82) is 0 Å². The normalized spacial score (nSPS) is 19.4. The summed E-state index contributed by atoms with van der Waals surface area (Å²) in [6.45, 7) is 6.14. The van der Waals surface area contributed by atoms with Crippen LogP contribution in [0.5, 0.6) is 0 Å². The SMILES string of the molecule is [2H]c1ccc2c(c1)N(CCO)CC2(C)C. The first-order valence-corrected chi connectivity index (χ1v) is 5.01. The minimum Gasteiger partial charge on any atom is -0.395 e. The fourth-order valence-corrected chi connectivity index (χ4v) is 2.22. The largest absolute Gasteiger partial charge is 0.395 e. The van der Waals surface area contributed by atoms with Crippen molar-refractivity contribution in [2.75, 3.05) is 24.6 Å². The van der Waals surface area contributed by atoms with Crippen LogP contribution in [0.1, 0.15) is 20.8 Å². The van der Waals surface area contributed by atoms with E-state index in [1.807, 2.05) is 18.2 Å². The molecule has 1 heterocycles. The molecule has 1 aliphatic heterocycles. The van der Waals surface area contributed by atoms with Gasteiger partial charge in [-0.2, -0.15) is 0 Å². The first-order chi connectivity index (χ1) is 7.04. The minimum atomic E-state index is 0.123. The van der Waals surface area contributed by atoms with Gasteiger partial charge in [-0.05, 0) is 11.6 Å². The molecule has 0 saturated heterocycles. The molecule has 2 nitrogen and oxygen atoms in total. The molecule has 0 saturated carbocycles. The Labute approximate surface area is 86.6 Å². The maximum Gasteiger partial charge on any atom is 0.0623 e. The number of hydrogen-bond acceptors (Lipinski definition) is 2. The highest BCUT2D eigenvalue weighted by atomic mass is 16.3. The van der Waals surface area contributed by atoms with E-state index in [0.29, 0.717) is 12.6 Å². The van der Waals surface area contributed by atoms with Crippen LogP contribution in [0.4, 0.5) is 5.69 Å². The second kappa shape index (κ2) is 3.28. The van der Waals surface area contributed by atoms with Gasteiger partial charge in [-0.1, -0.05) is 32.0 Å². The number of hydrogen-bond donors (Lipinski definition) is 1. The summed E-state index contributed by atoms with van der Waals surface area (Å²) in [6, 6.07) is 6.30. The Morgan fingerprint density at radius 3 is 3.07 bits per heavy atom. The lowest BCUT2D eigenvalue weighted by Crippen LogP contribution is -2.30. The fourth-order valence-electron chi connectivity index (χ4n) is 2.22. The first-order valence-electron chi connectivity index (χ1n) is 5.51. The Hall–Kier alpha value is -1.02. The molecule has 0 amide bonds. The van der Waals surface area contributed by atoms with Crippen LogP contribution in [-0.2, 0) is 5.41 Å². The van der Waals surface area contributed by atoms with Crippen LogP contribution in [0, 0.1) is 0 Å². The zero-order valence-corrected chi connectivity index (χ0v) is 8.75. The standard InChI is InChI=1S/C12H17NO/c1-12(2)9-13(7-8-14)11-6-4-3-5-10(11)12/h3-6,14H,7-9H2,1-2H3/i4D. The Balaban J connectivity index is 2.44. The number of benzene rings is 1. The van der Waals surface area contributed by atoms with Crippen LogP contribution in [0.2, 0.25) is 0 Å². The van der Waals surface area contributed by atoms with Crippen LogP contribution >= 0.6 is 0 Å². The van der Waals surface area contributed by atoms with Gasteiger partial charge in [0.1, 0.15) is 0 Å². The van der Waals surface area contributed by atoms with Crippen molar-refractivity contribution in [1.82, 2.24) is 0 Å². The molecule has 0 radical (unpaired) electrons. The number of β-amino-alcohol motifs (C(OH)–C–C–N with tert-alkyl or cyclic N) is 1. The molecule has 1 aliphatic rings. The van der Waals surface area contributed by atoms with E-state index in [1.165, 1.54) is 5.56 Å². The van der Waals surface area contributed by atoms with E-state index in [0.717, 1.165) is 12.2 Å². The van der Waals surface area contributed by atoms with Gasteiger partial charge in [-0.3, -0.25) is 0 Å². The average molecular weight is 192 g/mol. The molecule has 0 aromatic heterocycles. The van der Waals surface area contributed by atoms with Crippen molar-refractivity contribution in [3.05, 3.63) is 29.8 Å². The van der Waals surface area contributed by atoms with Crippen LogP contribution in [0.25, 0.3) is 0 Å². The van der Waals surface area contributed by atoms with Gasteiger partial charge >= 0.3 is 0 Å². The summed E-state index contributed by atoms with van der Waals surface area (Å²) in [6.07, 6.45) is 0. The molecule has 2 heteroatoms. The molecule has 1 aromatic carbocycles. The molecule has 0 fully saturated rings. The van der Waals surface area contributed by atoms with Crippen molar-refractivity contribution in [3.63, 3.8) is 0 Å². The van der Waals surface area contributed by atoms with E-state index in [-0.39, 0.29) is 12.0 Å². The van der Waals surface area contributed by atoms with Gasteiger partial charge in [0.05, 0.1) is 7.98 Å². The second-order valence-corrected chi connectivity index (χ2v) is 4.47. The molecular formula is C12H17NO. The summed E-state index contributed by atoms with van der Waals surface area (Å²) < 4.78 is 7.63. The number of aliphatic hydroxyl groups is 1. The maximum absolute atomic E-state index is 9.00. The fraction of sp³-hybridized carbons (Fsp3) is 0.500. The van der Waals surface area contributed by atoms with Crippen molar-refractivity contribution >= 4 is 5.69 Å². The van der Waals surface area contributed by atoms with Crippen molar-refractivity contribution in [2.45, 2.75) is 19.3 Å². The molecule has 14 heavy (non-hydrogen) atoms. The minimum absolute atomic E-state index is 0.123. The highest BCUT2D eigenvalue weighted by Gasteiger charge is 2.33. The number of para-hydroxylation sites is 1. The van der Waals surface area contributed by atoms with E-state index in [2.05, 4.69) is 18.7 Å². The Kier molecular flexibility index (Phi) is 1.95. The predicted octanol–water partition coefficient (Wildman–Crippen LogP) is 1.78. The summed E-state index contributed by atoms with van der Waals surface area (Å²) in [7, 11) is 0. The highest BCUT2D eigenvalue weighted by molar-refractivity contribution is 5.61. The van der Waals surface area contributed by atoms with Crippen molar-refractivity contribution in [2.24, 2.45) is 0 Å². The summed E-state index contributed by atoms with van der Waals surface area (Å²) in [5.41, 5.74) is 2.52. The molecule has 1 N–H and O–H groups in total. The maximum atomic E-state index is 9.00. The van der Waals surface area contributed by atoms with Gasteiger partial charge in [0.25, 0.3) is 0 Å². The molecule has 0 spiro atoms. The van der Waals surface area contributed by atoms with Crippen molar-refractivity contribution < 1.29 is 6.48 Å². The van der Waals surface area contributed by atoms with Gasteiger partial charge < -0.3 is 10.0 Å². The summed E-state index contributed by atoms with van der Waals surface area (Å²) in [5, 5.41) is 9.00. The van der Waals surface area contributed by atoms with Crippen LogP contribution < -0.4 is 4.90 Å². The Morgan fingerprint density at radius 2 is 2.36 bits per heavy atom.